The number of nitrogens with zero attached hydrogens (tertiary/aromatic N) is 1. The van der Waals surface area contributed by atoms with Gasteiger partial charge in [-0.3, -0.25) is 9.59 Å². The molecule has 12 heteroatoms. The summed E-state index contributed by atoms with van der Waals surface area (Å²) in [6, 6.07) is 10.3. The third-order valence-electron chi connectivity index (χ3n) is 7.29. The number of halogens is 3. The molecule has 3 N–H and O–H groups in total. The van der Waals surface area contributed by atoms with Crippen molar-refractivity contribution in [3.63, 3.8) is 0 Å². The van der Waals surface area contributed by atoms with Crippen molar-refractivity contribution >= 4 is 46.3 Å². The van der Waals surface area contributed by atoms with E-state index in [-0.39, 0.29) is 47.2 Å². The zero-order valence-electron chi connectivity index (χ0n) is 22.5. The van der Waals surface area contributed by atoms with E-state index in [2.05, 4.69) is 33.1 Å². The molecule has 1 spiro atoms. The smallest absolute Gasteiger partial charge is 0.299 e. The SMILES string of the molecule is C=O.CN.O=C(NCC1=CC(Br)CS1)C1CC2(CN1C(=O)Cc1ccc3c(c1)-c1ccccc1C3(F)F)OCCO2. The Morgan fingerprint density at radius 1 is 1.12 bits per heavy atom. The number of alkyl halides is 3. The van der Waals surface area contributed by atoms with Crippen LogP contribution in [-0.4, -0.2) is 79.3 Å². The number of nitrogens with one attached hydrogen (secondary N) is 1. The Kier molecular flexibility index (Phi) is 10.0. The first kappa shape index (κ1) is 31.3. The molecule has 220 valence electrons. The molecule has 4 aliphatic rings. The van der Waals surface area contributed by atoms with Gasteiger partial charge in [0, 0.05) is 39.6 Å². The highest BCUT2D eigenvalue weighted by Gasteiger charge is 2.52. The minimum atomic E-state index is -3.07. The average Bonchev–Trinajstić information content (AvgIpc) is 3.77. The van der Waals surface area contributed by atoms with E-state index in [0.29, 0.717) is 36.4 Å². The van der Waals surface area contributed by atoms with Crippen LogP contribution in [0.25, 0.3) is 11.1 Å². The van der Waals surface area contributed by atoms with Gasteiger partial charge in [-0.1, -0.05) is 64.5 Å². The molecule has 41 heavy (non-hydrogen) atoms. The number of rotatable bonds is 5. The van der Waals surface area contributed by atoms with Crippen LogP contribution in [0.1, 0.15) is 23.1 Å². The van der Waals surface area contributed by atoms with Crippen molar-refractivity contribution in [2.45, 2.75) is 35.4 Å². The maximum atomic E-state index is 14.9. The second-order valence-corrected chi connectivity index (χ2v) is 12.0. The fourth-order valence-corrected chi connectivity index (χ4v) is 7.33. The Hall–Kier alpha value is -2.64. The number of likely N-dealkylation sites (tertiary alicyclic amines) is 1. The van der Waals surface area contributed by atoms with Crippen molar-refractivity contribution in [3.8, 4) is 11.1 Å². The fraction of sp³-hybridized carbons (Fsp3) is 0.414. The quantitative estimate of drug-likeness (QED) is 0.476. The first-order valence-corrected chi connectivity index (χ1v) is 15.0. The number of amides is 2. The van der Waals surface area contributed by atoms with Gasteiger partial charge in [0.05, 0.1) is 26.2 Å². The monoisotopic (exact) mass is 651 g/mol. The number of hydrogen-bond donors (Lipinski definition) is 2. The summed E-state index contributed by atoms with van der Waals surface area (Å²) in [4.78, 5) is 37.6. The Bertz CT molecular complexity index is 1320. The van der Waals surface area contributed by atoms with E-state index in [1.54, 1.807) is 42.1 Å². The van der Waals surface area contributed by atoms with E-state index in [1.807, 2.05) is 6.79 Å². The number of nitrogens with two attached hydrogens (primary N) is 1. The van der Waals surface area contributed by atoms with Gasteiger partial charge in [0.1, 0.15) is 12.8 Å². The Morgan fingerprint density at radius 2 is 1.80 bits per heavy atom. The number of allylic oxidation sites excluding steroid dienone is 1. The van der Waals surface area contributed by atoms with Crippen molar-refractivity contribution in [1.82, 2.24) is 10.2 Å². The molecule has 0 saturated carbocycles. The molecule has 1 aliphatic carbocycles. The Morgan fingerprint density at radius 3 is 2.49 bits per heavy atom. The van der Waals surface area contributed by atoms with Crippen molar-refractivity contribution in [2.75, 3.05) is 39.1 Å². The predicted octanol–water partition coefficient (Wildman–Crippen LogP) is 3.59. The number of carbonyl (C=O) groups is 3. The zero-order valence-corrected chi connectivity index (χ0v) is 24.9. The number of ether oxygens (including phenoxy) is 2. The molecule has 0 aromatic heterocycles. The van der Waals surface area contributed by atoms with Gasteiger partial charge in [0.15, 0.2) is 5.79 Å². The molecule has 3 aliphatic heterocycles. The minimum absolute atomic E-state index is 0.0207. The summed E-state index contributed by atoms with van der Waals surface area (Å²) in [6.45, 7) is 3.37. The number of fused-ring (bicyclic) bond motifs is 3. The molecule has 6 rings (SSSR count). The van der Waals surface area contributed by atoms with Crippen LogP contribution in [0.2, 0.25) is 0 Å². The largest absolute Gasteiger partial charge is 0.350 e. The molecular weight excluding hydrogens is 620 g/mol. The standard InChI is InChI=1S/C27H25BrF2N2O4S.CH5N.CH2O/c28-17-11-18(37-14-17)13-31-25(34)23-12-26(35-7-8-36-26)15-32(23)24(33)10-16-5-6-22-20(9-16)19-3-1-2-4-21(19)27(22,29)30;2*1-2/h1-6,9,11,17,23H,7-8,10,12-15H2,(H,31,34);2H2,1H3;1H2. The van der Waals surface area contributed by atoms with Crippen molar-refractivity contribution in [3.05, 3.63) is 70.1 Å². The lowest BCUT2D eigenvalue weighted by atomic mass is 10.0. The first-order chi connectivity index (χ1) is 19.8. The highest BCUT2D eigenvalue weighted by molar-refractivity contribution is 9.09. The number of thioether (sulfide) groups is 1. The van der Waals surface area contributed by atoms with Crippen LogP contribution in [0.3, 0.4) is 0 Å². The summed E-state index contributed by atoms with van der Waals surface area (Å²) in [5.74, 6) is -3.67. The minimum Gasteiger partial charge on any atom is -0.350 e. The highest BCUT2D eigenvalue weighted by Crippen LogP contribution is 2.51. The van der Waals surface area contributed by atoms with E-state index in [1.165, 1.54) is 24.1 Å². The normalized spacial score (nSPS) is 22.6. The van der Waals surface area contributed by atoms with E-state index in [9.17, 15) is 18.4 Å². The molecule has 2 fully saturated rings. The predicted molar refractivity (Wildman–Crippen MR) is 157 cm³/mol. The molecule has 2 saturated heterocycles. The number of carbonyl (C=O) groups excluding carboxylic acids is 3. The lowest BCUT2D eigenvalue weighted by molar-refractivity contribution is -0.152. The van der Waals surface area contributed by atoms with Crippen LogP contribution in [-0.2, 0) is 36.2 Å². The van der Waals surface area contributed by atoms with Gasteiger partial charge >= 0.3 is 0 Å². The van der Waals surface area contributed by atoms with Crippen LogP contribution in [0, 0.1) is 0 Å². The van der Waals surface area contributed by atoms with Crippen LogP contribution in [0.4, 0.5) is 8.78 Å². The van der Waals surface area contributed by atoms with Gasteiger partial charge in [0.2, 0.25) is 11.8 Å². The third kappa shape index (κ3) is 6.26. The van der Waals surface area contributed by atoms with Gasteiger partial charge in [0.25, 0.3) is 5.92 Å². The second kappa shape index (κ2) is 13.1. The lowest BCUT2D eigenvalue weighted by Gasteiger charge is -2.24. The number of benzene rings is 2. The lowest BCUT2D eigenvalue weighted by Crippen LogP contribution is -2.46. The average molecular weight is 653 g/mol. The topological polar surface area (TPSA) is 111 Å². The molecule has 0 radical (unpaired) electrons. The second-order valence-electron chi connectivity index (χ2n) is 9.70. The van der Waals surface area contributed by atoms with E-state index in [0.717, 1.165) is 10.7 Å². The van der Waals surface area contributed by atoms with Gasteiger partial charge < -0.3 is 30.2 Å². The maximum absolute atomic E-state index is 14.9. The summed E-state index contributed by atoms with van der Waals surface area (Å²) >= 11 is 5.23. The molecule has 2 unspecified atom stereocenters. The molecule has 0 bridgehead atoms. The Balaban J connectivity index is 0.000000929. The van der Waals surface area contributed by atoms with Crippen LogP contribution in [0.5, 0.6) is 0 Å². The van der Waals surface area contributed by atoms with Crippen LogP contribution >= 0.6 is 27.7 Å². The van der Waals surface area contributed by atoms with Gasteiger partial charge in [-0.25, -0.2) is 0 Å². The highest BCUT2D eigenvalue weighted by atomic mass is 79.9. The van der Waals surface area contributed by atoms with E-state index < -0.39 is 17.8 Å². The maximum Gasteiger partial charge on any atom is 0.299 e. The molecule has 2 atom stereocenters. The fourth-order valence-electron chi connectivity index (χ4n) is 5.54. The molecule has 3 heterocycles. The van der Waals surface area contributed by atoms with E-state index >= 15 is 0 Å². The van der Waals surface area contributed by atoms with Gasteiger partial charge in [-0.05, 0) is 23.7 Å². The molecule has 2 amide bonds. The first-order valence-electron chi connectivity index (χ1n) is 13.1. The third-order valence-corrected chi connectivity index (χ3v) is 9.49. The van der Waals surface area contributed by atoms with Crippen LogP contribution < -0.4 is 11.1 Å². The van der Waals surface area contributed by atoms with Crippen molar-refractivity contribution < 1.29 is 32.6 Å². The Labute approximate surface area is 250 Å². The molecule has 8 nitrogen and oxygen atoms in total. The summed E-state index contributed by atoms with van der Waals surface area (Å²) in [6.07, 6.45) is 2.30. The van der Waals surface area contributed by atoms with Crippen molar-refractivity contribution in [2.24, 2.45) is 5.73 Å². The van der Waals surface area contributed by atoms with Crippen LogP contribution in [0.15, 0.2) is 53.4 Å². The summed E-state index contributed by atoms with van der Waals surface area (Å²) < 4.78 is 41.5. The molecular formula is C29H32BrF2N3O5S. The molecule has 2 aromatic rings. The number of hydrogen-bond acceptors (Lipinski definition) is 7. The summed E-state index contributed by atoms with van der Waals surface area (Å²) in [5.41, 5.74) is 5.95. The zero-order chi connectivity index (χ0) is 29.8. The van der Waals surface area contributed by atoms with Gasteiger partial charge in [-0.2, -0.15) is 8.78 Å². The summed E-state index contributed by atoms with van der Waals surface area (Å²) in [5, 5.41) is 2.96. The summed E-state index contributed by atoms with van der Waals surface area (Å²) in [7, 11) is 1.50. The van der Waals surface area contributed by atoms with E-state index in [4.69, 9.17) is 14.3 Å². The molecule has 2 aromatic carbocycles. The van der Waals surface area contributed by atoms with Gasteiger partial charge in [-0.15, -0.1) is 11.8 Å². The van der Waals surface area contributed by atoms with Crippen molar-refractivity contribution in [1.29, 1.82) is 0 Å².